The number of sulfonamides is 1. The normalized spacial score (nSPS) is 18.5. The molecule has 0 bridgehead atoms. The third-order valence-corrected chi connectivity index (χ3v) is 5.66. The number of aromatic carboxylic acids is 1. The third-order valence-electron chi connectivity index (χ3n) is 3.83. The van der Waals surface area contributed by atoms with Crippen LogP contribution in [-0.2, 0) is 10.0 Å². The average molecular weight is 314 g/mol. The van der Waals surface area contributed by atoms with Crippen LogP contribution in [0.4, 0.5) is 5.69 Å². The molecule has 8 heteroatoms. The minimum Gasteiger partial charge on any atom is -0.478 e. The van der Waals surface area contributed by atoms with Gasteiger partial charge in [0.15, 0.2) is 0 Å². The van der Waals surface area contributed by atoms with Gasteiger partial charge >= 0.3 is 5.97 Å². The number of carboxylic acid groups (broad SMARTS) is 1. The number of β-amino-alcohol motifs (C(OH)–C–C–N with tert-alkyl or cyclic N) is 1. The molecule has 0 saturated carbocycles. The molecule has 0 spiro atoms. The van der Waals surface area contributed by atoms with Gasteiger partial charge in [-0.05, 0) is 24.1 Å². The first-order chi connectivity index (χ1) is 9.58. The van der Waals surface area contributed by atoms with E-state index in [1.807, 2.05) is 0 Å². The second kappa shape index (κ2) is 4.97. The van der Waals surface area contributed by atoms with Gasteiger partial charge in [0.2, 0.25) is 10.0 Å². The van der Waals surface area contributed by atoms with Crippen LogP contribution in [0.3, 0.4) is 0 Å². The summed E-state index contributed by atoms with van der Waals surface area (Å²) in [6.45, 7) is 3.49. The van der Waals surface area contributed by atoms with Crippen molar-refractivity contribution in [2.45, 2.75) is 24.3 Å². The summed E-state index contributed by atoms with van der Waals surface area (Å²) in [5.41, 5.74) is 4.32. The smallest absolute Gasteiger partial charge is 0.337 e. The van der Waals surface area contributed by atoms with E-state index < -0.39 is 21.6 Å². The van der Waals surface area contributed by atoms with Crippen LogP contribution in [0, 0.1) is 5.92 Å². The molecule has 1 aromatic carbocycles. The van der Waals surface area contributed by atoms with E-state index in [4.69, 9.17) is 10.8 Å². The lowest BCUT2D eigenvalue weighted by Crippen LogP contribution is -2.65. The van der Waals surface area contributed by atoms with Crippen molar-refractivity contribution < 1.29 is 23.4 Å². The van der Waals surface area contributed by atoms with Crippen LogP contribution < -0.4 is 5.73 Å². The van der Waals surface area contributed by atoms with E-state index in [2.05, 4.69) is 0 Å². The van der Waals surface area contributed by atoms with Crippen molar-refractivity contribution in [2.75, 3.05) is 18.8 Å². The Bertz CT molecular complexity index is 678. The van der Waals surface area contributed by atoms with Crippen molar-refractivity contribution in [2.24, 2.45) is 5.92 Å². The molecule has 0 aliphatic carbocycles. The van der Waals surface area contributed by atoms with Gasteiger partial charge in [-0.1, -0.05) is 13.8 Å². The monoisotopic (exact) mass is 314 g/mol. The summed E-state index contributed by atoms with van der Waals surface area (Å²) in [6.07, 6.45) is 0. The summed E-state index contributed by atoms with van der Waals surface area (Å²) in [5, 5.41) is 19.3. The number of anilines is 1. The van der Waals surface area contributed by atoms with Crippen LogP contribution in [0.2, 0.25) is 0 Å². The molecule has 0 unspecified atom stereocenters. The number of hydrogen-bond acceptors (Lipinski definition) is 5. The summed E-state index contributed by atoms with van der Waals surface area (Å²) in [4.78, 5) is 10.8. The van der Waals surface area contributed by atoms with Gasteiger partial charge in [-0.25, -0.2) is 13.2 Å². The Balaban J connectivity index is 2.39. The molecule has 2 rings (SSSR count). The van der Waals surface area contributed by atoms with Crippen molar-refractivity contribution in [3.05, 3.63) is 23.8 Å². The summed E-state index contributed by atoms with van der Waals surface area (Å²) in [5.74, 6) is -1.43. The van der Waals surface area contributed by atoms with E-state index in [1.54, 1.807) is 13.8 Å². The molecule has 1 fully saturated rings. The molecule has 21 heavy (non-hydrogen) atoms. The molecule has 1 aliphatic rings. The number of nitrogens with two attached hydrogens (primary N) is 1. The lowest BCUT2D eigenvalue weighted by Gasteiger charge is -2.47. The number of nitrogen functional groups attached to an aromatic ring is 1. The minimum absolute atomic E-state index is 0.0547. The minimum atomic E-state index is -3.99. The molecular weight excluding hydrogens is 296 g/mol. The molecule has 1 saturated heterocycles. The molecular formula is C13H18N2O5S. The number of hydrogen-bond donors (Lipinski definition) is 3. The van der Waals surface area contributed by atoms with Crippen molar-refractivity contribution in [3.8, 4) is 0 Å². The third kappa shape index (κ3) is 2.61. The molecule has 0 amide bonds. The van der Waals surface area contributed by atoms with Crippen LogP contribution >= 0.6 is 0 Å². The Labute approximate surface area is 123 Å². The fourth-order valence-electron chi connectivity index (χ4n) is 2.17. The molecule has 0 radical (unpaired) electrons. The zero-order chi connectivity index (χ0) is 16.0. The number of nitrogens with zero attached hydrogens (tertiary/aromatic N) is 1. The first-order valence-electron chi connectivity index (χ1n) is 6.43. The zero-order valence-corrected chi connectivity index (χ0v) is 12.6. The van der Waals surface area contributed by atoms with E-state index >= 15 is 0 Å². The topological polar surface area (TPSA) is 121 Å². The molecule has 7 nitrogen and oxygen atoms in total. The van der Waals surface area contributed by atoms with Gasteiger partial charge in [0.05, 0.1) is 16.1 Å². The predicted octanol–water partition coefficient (Wildman–Crippen LogP) is 0.358. The maximum Gasteiger partial charge on any atom is 0.337 e. The van der Waals surface area contributed by atoms with Gasteiger partial charge in [0, 0.05) is 18.8 Å². The van der Waals surface area contributed by atoms with Crippen molar-refractivity contribution in [3.63, 3.8) is 0 Å². The van der Waals surface area contributed by atoms with E-state index in [1.165, 1.54) is 12.1 Å². The molecule has 1 aliphatic heterocycles. The zero-order valence-electron chi connectivity index (χ0n) is 11.8. The maximum absolute atomic E-state index is 12.5. The van der Waals surface area contributed by atoms with Crippen molar-refractivity contribution in [1.29, 1.82) is 0 Å². The highest BCUT2D eigenvalue weighted by atomic mass is 32.2. The van der Waals surface area contributed by atoms with Crippen molar-refractivity contribution in [1.82, 2.24) is 4.31 Å². The van der Waals surface area contributed by atoms with Gasteiger partial charge in [0.1, 0.15) is 0 Å². The Kier molecular flexibility index (Phi) is 3.73. The Morgan fingerprint density at radius 2 is 1.95 bits per heavy atom. The molecule has 1 heterocycles. The van der Waals surface area contributed by atoms with Gasteiger partial charge in [0.25, 0.3) is 0 Å². The fourth-order valence-corrected chi connectivity index (χ4v) is 3.95. The van der Waals surface area contributed by atoms with E-state index in [9.17, 15) is 18.3 Å². The quantitative estimate of drug-likeness (QED) is 0.690. The molecule has 1 aromatic rings. The van der Waals surface area contributed by atoms with E-state index in [-0.39, 0.29) is 35.2 Å². The van der Waals surface area contributed by atoms with E-state index in [0.717, 1.165) is 10.4 Å². The van der Waals surface area contributed by atoms with Crippen LogP contribution in [0.1, 0.15) is 24.2 Å². The number of carbonyl (C=O) groups is 1. The lowest BCUT2D eigenvalue weighted by molar-refractivity contribution is -0.0932. The van der Waals surface area contributed by atoms with Gasteiger partial charge in [-0.2, -0.15) is 4.31 Å². The van der Waals surface area contributed by atoms with Crippen LogP contribution in [0.25, 0.3) is 0 Å². The number of benzene rings is 1. The summed E-state index contributed by atoms with van der Waals surface area (Å²) >= 11 is 0. The SMILES string of the molecule is CC(C)C1(O)CN(S(=O)(=O)c2cc(N)ccc2C(=O)O)C1. The lowest BCUT2D eigenvalue weighted by atomic mass is 9.85. The summed E-state index contributed by atoms with van der Waals surface area (Å²) < 4.78 is 26.1. The number of aliphatic hydroxyl groups is 1. The number of carboxylic acids is 1. The van der Waals surface area contributed by atoms with Crippen LogP contribution in [0.5, 0.6) is 0 Å². The van der Waals surface area contributed by atoms with Crippen molar-refractivity contribution >= 4 is 21.7 Å². The molecule has 116 valence electrons. The highest BCUT2D eigenvalue weighted by Crippen LogP contribution is 2.34. The largest absolute Gasteiger partial charge is 0.478 e. The fraction of sp³-hybridized carbons (Fsp3) is 0.462. The maximum atomic E-state index is 12.5. The highest BCUT2D eigenvalue weighted by molar-refractivity contribution is 7.89. The first-order valence-corrected chi connectivity index (χ1v) is 7.87. The van der Waals surface area contributed by atoms with Crippen LogP contribution in [-0.4, -0.2) is 47.6 Å². The van der Waals surface area contributed by atoms with Gasteiger partial charge in [-0.15, -0.1) is 0 Å². The second-order valence-electron chi connectivity index (χ2n) is 5.59. The Morgan fingerprint density at radius 1 is 1.38 bits per heavy atom. The Morgan fingerprint density at radius 3 is 2.43 bits per heavy atom. The highest BCUT2D eigenvalue weighted by Gasteiger charge is 2.49. The summed E-state index contributed by atoms with van der Waals surface area (Å²) in [6, 6.07) is 3.63. The molecule has 0 aromatic heterocycles. The Hall–Kier alpha value is -1.64. The van der Waals surface area contributed by atoms with Gasteiger partial charge < -0.3 is 15.9 Å². The predicted molar refractivity (Wildman–Crippen MR) is 76.4 cm³/mol. The molecule has 0 atom stereocenters. The number of rotatable bonds is 4. The van der Waals surface area contributed by atoms with Crippen LogP contribution in [0.15, 0.2) is 23.1 Å². The average Bonchev–Trinajstić information content (AvgIpc) is 2.34. The first kappa shape index (κ1) is 15.7. The second-order valence-corrected chi connectivity index (χ2v) is 7.50. The standard InChI is InChI=1S/C13H18N2O5S/c1-8(2)13(18)6-15(7-13)21(19,20)11-5-9(14)3-4-10(11)12(16)17/h3-5,8,18H,6-7,14H2,1-2H3,(H,16,17). The molecule has 4 N–H and O–H groups in total. The van der Waals surface area contributed by atoms with E-state index in [0.29, 0.717) is 0 Å². The van der Waals surface area contributed by atoms with Gasteiger partial charge in [-0.3, -0.25) is 0 Å². The summed E-state index contributed by atoms with van der Waals surface area (Å²) in [7, 11) is -3.99.